The average Bonchev–Trinajstić information content (AvgIpc) is 3.78. The quantitative estimate of drug-likeness (QED) is 0.160. The van der Waals surface area contributed by atoms with Crippen molar-refractivity contribution in [3.63, 3.8) is 0 Å². The van der Waals surface area contributed by atoms with Gasteiger partial charge in [-0.2, -0.15) is 0 Å². The zero-order chi connectivity index (χ0) is 44.5. The van der Waals surface area contributed by atoms with Gasteiger partial charge in [-0.05, 0) is 0 Å². The summed E-state index contributed by atoms with van der Waals surface area (Å²) >= 11 is 1.93. The van der Waals surface area contributed by atoms with Crippen molar-refractivity contribution in [2.45, 2.75) is 9.79 Å². The van der Waals surface area contributed by atoms with Crippen molar-refractivity contribution in [2.24, 2.45) is 0 Å². The van der Waals surface area contributed by atoms with Crippen LogP contribution in [0, 0.1) is 0 Å². The third-order valence-corrected chi connectivity index (χ3v) is 17.9. The summed E-state index contributed by atoms with van der Waals surface area (Å²) in [7, 11) is 0. The molecule has 0 amide bonds. The fraction of sp³-hybridized carbons (Fsp3) is 0. The molecule has 0 saturated heterocycles. The Bertz CT molecular complexity index is 3810. The molecule has 0 radical (unpaired) electrons. The molecular weight excluding hydrogens is 911 g/mol. The number of fused-ring (bicyclic) bond motifs is 12. The molecule has 4 nitrogen and oxygen atoms in total. The first kappa shape index (κ1) is 38.5. The van der Waals surface area contributed by atoms with E-state index in [0.717, 1.165) is 39.6 Å². The van der Waals surface area contributed by atoms with Gasteiger partial charge in [0.05, 0.1) is 0 Å². The van der Waals surface area contributed by atoms with Crippen LogP contribution in [0.3, 0.4) is 0 Å². The molecule has 0 unspecified atom stereocenters. The Morgan fingerprint density at radius 2 is 0.956 bits per heavy atom. The standard InChI is InChI=1S/C60H37B2N3OSSe/c1-5-19-38(20-6-1)63(39-21-7-2-8-22-39)42-33-50-58-56(34-42)68-55-37-54-46(35-47(55)62(58)45-29-15-17-31-49(45)64(50)40-23-9-3-10-24-40)61-44-28-14-16-30-48(44)65(41-25-11-4-12-26-41)51-36-53-57(60(67-54)59(51)61)43-27-13-18-32-52(43)66-53/h1-37H. The van der Waals surface area contributed by atoms with Crippen molar-refractivity contribution in [1.29, 1.82) is 0 Å². The Balaban J connectivity index is 0.996. The minimum absolute atomic E-state index is 0.0103. The molecule has 68 heavy (non-hydrogen) atoms. The van der Waals surface area contributed by atoms with Gasteiger partial charge in [0.25, 0.3) is 0 Å². The summed E-state index contributed by atoms with van der Waals surface area (Å²) in [6, 6.07) is 82.8. The van der Waals surface area contributed by atoms with Crippen molar-refractivity contribution >= 4 is 155 Å². The summed E-state index contributed by atoms with van der Waals surface area (Å²) in [4.78, 5) is 10.0. The van der Waals surface area contributed by atoms with Crippen molar-refractivity contribution in [3.05, 3.63) is 224 Å². The number of hydrogen-bond donors (Lipinski definition) is 0. The normalized spacial score (nSPS) is 13.6. The summed E-state index contributed by atoms with van der Waals surface area (Å²) in [5, 5.41) is 2.37. The summed E-state index contributed by atoms with van der Waals surface area (Å²) in [5.74, 6) is 0. The van der Waals surface area contributed by atoms with Crippen LogP contribution in [0.4, 0.5) is 51.2 Å². The van der Waals surface area contributed by atoms with Crippen molar-refractivity contribution < 1.29 is 4.42 Å². The summed E-state index contributed by atoms with van der Waals surface area (Å²) in [5.41, 5.74) is 20.7. The molecule has 4 aliphatic heterocycles. The van der Waals surface area contributed by atoms with E-state index >= 15 is 0 Å². The number of hydrogen-bond acceptors (Lipinski definition) is 5. The van der Waals surface area contributed by atoms with Crippen LogP contribution in [0.5, 0.6) is 0 Å². The minimum atomic E-state index is -0.0103. The maximum absolute atomic E-state index is 6.78. The van der Waals surface area contributed by atoms with Crippen LogP contribution in [0.1, 0.15) is 0 Å². The van der Waals surface area contributed by atoms with Crippen LogP contribution in [0.15, 0.2) is 239 Å². The first-order valence-corrected chi connectivity index (χ1v) is 25.8. The molecule has 0 atom stereocenters. The molecule has 0 aliphatic carbocycles. The fourth-order valence-corrected chi connectivity index (χ4v) is 15.6. The Kier molecular flexibility index (Phi) is 8.47. The van der Waals surface area contributed by atoms with Gasteiger partial charge in [-0.15, -0.1) is 0 Å². The fourth-order valence-electron chi connectivity index (χ4n) is 11.6. The SMILES string of the molecule is c1ccc(N(c2ccccc2)c2cc3c4c(c2)N(c2ccccc2)c2ccccc2B4c2cc4c(cc2[Se]3)Sc2c3c(cc5oc6ccccc6c25)N(c2ccccc2)c2ccccc2B43)cc1. The molecule has 0 fully saturated rings. The molecular formula is C60H37B2N3OSSe. The Hall–Kier alpha value is -7.60. The van der Waals surface area contributed by atoms with E-state index in [1.54, 1.807) is 0 Å². The van der Waals surface area contributed by atoms with Gasteiger partial charge in [0.1, 0.15) is 0 Å². The number of nitrogens with zero attached hydrogens (tertiary/aromatic N) is 3. The number of para-hydroxylation sites is 7. The molecule has 316 valence electrons. The summed E-state index contributed by atoms with van der Waals surface area (Å²) in [6.45, 7) is 0.0744. The van der Waals surface area contributed by atoms with E-state index in [1.807, 2.05) is 11.8 Å². The molecule has 10 aromatic carbocycles. The van der Waals surface area contributed by atoms with Gasteiger partial charge in [0.15, 0.2) is 0 Å². The van der Waals surface area contributed by atoms with Gasteiger partial charge >= 0.3 is 408 Å². The van der Waals surface area contributed by atoms with E-state index in [1.165, 1.54) is 85.0 Å². The molecule has 4 aliphatic rings. The number of furan rings is 1. The second-order valence-corrected chi connectivity index (χ2v) is 21.3. The Labute approximate surface area is 405 Å². The Morgan fingerprint density at radius 1 is 0.412 bits per heavy atom. The van der Waals surface area contributed by atoms with E-state index in [-0.39, 0.29) is 28.4 Å². The van der Waals surface area contributed by atoms with E-state index in [0.29, 0.717) is 0 Å². The van der Waals surface area contributed by atoms with E-state index in [2.05, 4.69) is 239 Å². The second kappa shape index (κ2) is 15.0. The molecule has 0 spiro atoms. The molecule has 0 bridgehead atoms. The van der Waals surface area contributed by atoms with Gasteiger partial charge in [-0.25, -0.2) is 0 Å². The van der Waals surface area contributed by atoms with Gasteiger partial charge in [-0.3, -0.25) is 0 Å². The number of benzene rings is 10. The van der Waals surface area contributed by atoms with Crippen LogP contribution >= 0.6 is 11.8 Å². The van der Waals surface area contributed by atoms with E-state index in [9.17, 15) is 0 Å². The third-order valence-electron chi connectivity index (χ3n) is 14.3. The van der Waals surface area contributed by atoms with Crippen LogP contribution in [0.25, 0.3) is 21.9 Å². The zero-order valence-electron chi connectivity index (χ0n) is 36.6. The van der Waals surface area contributed by atoms with Gasteiger partial charge in [-0.1, -0.05) is 0 Å². The molecule has 1 aromatic heterocycles. The van der Waals surface area contributed by atoms with Gasteiger partial charge in [0.2, 0.25) is 0 Å². The van der Waals surface area contributed by atoms with E-state index < -0.39 is 0 Å². The Morgan fingerprint density at radius 3 is 1.60 bits per heavy atom. The molecule has 15 rings (SSSR count). The number of anilines is 9. The van der Waals surface area contributed by atoms with Gasteiger partial charge in [0, 0.05) is 0 Å². The predicted octanol–water partition coefficient (Wildman–Crippen LogP) is 10.1. The van der Waals surface area contributed by atoms with Crippen LogP contribution in [0.2, 0.25) is 0 Å². The van der Waals surface area contributed by atoms with E-state index in [4.69, 9.17) is 4.42 Å². The third kappa shape index (κ3) is 5.60. The predicted molar refractivity (Wildman–Crippen MR) is 289 cm³/mol. The van der Waals surface area contributed by atoms with Gasteiger partial charge < -0.3 is 0 Å². The van der Waals surface area contributed by atoms with Crippen molar-refractivity contribution in [3.8, 4) is 0 Å². The van der Waals surface area contributed by atoms with Crippen molar-refractivity contribution in [2.75, 3.05) is 14.7 Å². The topological polar surface area (TPSA) is 22.9 Å². The summed E-state index contributed by atoms with van der Waals surface area (Å²) < 4.78 is 9.64. The molecule has 8 heteroatoms. The average molecular weight is 949 g/mol. The molecule has 0 N–H and O–H groups in total. The maximum atomic E-state index is 6.78. The first-order valence-electron chi connectivity index (χ1n) is 23.2. The number of rotatable bonds is 5. The van der Waals surface area contributed by atoms with Crippen LogP contribution < -0.4 is 56.4 Å². The van der Waals surface area contributed by atoms with Crippen LogP contribution in [-0.4, -0.2) is 28.4 Å². The summed E-state index contributed by atoms with van der Waals surface area (Å²) in [6.07, 6.45) is 0. The zero-order valence-corrected chi connectivity index (χ0v) is 39.1. The molecule has 0 saturated carbocycles. The van der Waals surface area contributed by atoms with Crippen molar-refractivity contribution in [1.82, 2.24) is 0 Å². The monoisotopic (exact) mass is 949 g/mol. The molecule has 5 heterocycles. The second-order valence-electron chi connectivity index (χ2n) is 18.0. The van der Waals surface area contributed by atoms with Crippen LogP contribution in [-0.2, 0) is 0 Å². The first-order chi connectivity index (χ1) is 33.7. The molecule has 11 aromatic rings.